The zero-order valence-corrected chi connectivity index (χ0v) is 19.7. The van der Waals surface area contributed by atoms with Gasteiger partial charge >= 0.3 is 24.2 Å². The van der Waals surface area contributed by atoms with E-state index in [2.05, 4.69) is 20.7 Å². The van der Waals surface area contributed by atoms with Gasteiger partial charge in [0.2, 0.25) is 3.79 Å². The summed E-state index contributed by atoms with van der Waals surface area (Å²) in [4.78, 5) is 34.3. The zero-order chi connectivity index (χ0) is 23.9. The smallest absolute Gasteiger partial charge is 0.407 e. The van der Waals surface area contributed by atoms with Gasteiger partial charge in [-0.3, -0.25) is 9.59 Å². The molecule has 0 spiro atoms. The van der Waals surface area contributed by atoms with Crippen LogP contribution in [0.5, 0.6) is 0 Å². The second kappa shape index (κ2) is 12.4. The zero-order valence-electron chi connectivity index (χ0n) is 15.8. The molecule has 8 nitrogen and oxygen atoms in total. The number of hydrogen-bond donors (Lipinski definition) is 2. The van der Waals surface area contributed by atoms with Crippen molar-refractivity contribution in [2.24, 2.45) is 11.8 Å². The molecule has 0 bridgehead atoms. The SMILES string of the molecule is CC(=O)OCC(C)[C@@H](OC(C)=O)C(C(NC(=O)OCC(Cl)(Cl)Cl)[C@H](O)Br)C(F)(F)F. The molecule has 1 amide bonds. The van der Waals surface area contributed by atoms with E-state index in [0.717, 1.165) is 13.8 Å². The van der Waals surface area contributed by atoms with Crippen LogP contribution in [0.15, 0.2) is 0 Å². The molecule has 5 atom stereocenters. The first-order valence-corrected chi connectivity index (χ1v) is 10.2. The maximum atomic E-state index is 13.9. The third-order valence-electron chi connectivity index (χ3n) is 3.48. The van der Waals surface area contributed by atoms with Gasteiger partial charge in [0.15, 0.2) is 0 Å². The number of rotatable bonds is 9. The van der Waals surface area contributed by atoms with Gasteiger partial charge in [0.05, 0.1) is 12.6 Å². The second-order valence-electron chi connectivity index (χ2n) is 6.16. The molecule has 0 fully saturated rings. The molecule has 0 heterocycles. The number of esters is 2. The number of carbonyl (C=O) groups excluding carboxylic acids is 3. The molecule has 0 saturated heterocycles. The highest BCUT2D eigenvalue weighted by molar-refractivity contribution is 9.09. The van der Waals surface area contributed by atoms with Crippen LogP contribution in [0, 0.1) is 11.8 Å². The summed E-state index contributed by atoms with van der Waals surface area (Å²) in [6.07, 6.45) is -8.48. The number of carbonyl (C=O) groups is 3. The number of ether oxygens (including phenoxy) is 3. The van der Waals surface area contributed by atoms with E-state index in [1.54, 1.807) is 0 Å². The summed E-state index contributed by atoms with van der Waals surface area (Å²) in [5.74, 6) is -5.64. The van der Waals surface area contributed by atoms with Crippen LogP contribution in [0.25, 0.3) is 0 Å². The van der Waals surface area contributed by atoms with E-state index < -0.39 is 70.2 Å². The minimum Gasteiger partial charge on any atom is -0.465 e. The van der Waals surface area contributed by atoms with Gasteiger partial charge in [0.25, 0.3) is 0 Å². The number of alkyl halides is 7. The number of alkyl carbamates (subject to hydrolysis) is 1. The number of halogens is 7. The maximum absolute atomic E-state index is 13.9. The fourth-order valence-electron chi connectivity index (χ4n) is 2.33. The third-order valence-corrected chi connectivity index (χ3v) is 4.38. The molecule has 0 rings (SSSR count). The second-order valence-corrected chi connectivity index (χ2v) is 9.61. The van der Waals surface area contributed by atoms with Crippen molar-refractivity contribution in [3.05, 3.63) is 0 Å². The van der Waals surface area contributed by atoms with E-state index in [9.17, 15) is 32.7 Å². The van der Waals surface area contributed by atoms with Crippen LogP contribution in [0.1, 0.15) is 20.8 Å². The van der Waals surface area contributed by atoms with Crippen molar-refractivity contribution in [2.75, 3.05) is 13.2 Å². The Balaban J connectivity index is 5.87. The van der Waals surface area contributed by atoms with Gasteiger partial charge in [0, 0.05) is 19.8 Å². The Morgan fingerprint density at radius 1 is 1.10 bits per heavy atom. The van der Waals surface area contributed by atoms with Crippen molar-refractivity contribution in [1.29, 1.82) is 0 Å². The van der Waals surface area contributed by atoms with E-state index in [1.165, 1.54) is 6.92 Å². The average Bonchev–Trinajstić information content (AvgIpc) is 2.53. The number of aliphatic hydroxyl groups excluding tert-OH is 1. The first-order chi connectivity index (χ1) is 13.5. The van der Waals surface area contributed by atoms with Crippen LogP contribution in [0.4, 0.5) is 18.0 Å². The molecule has 176 valence electrons. The molecule has 0 aliphatic carbocycles. The van der Waals surface area contributed by atoms with E-state index in [0.29, 0.717) is 0 Å². The molecule has 3 unspecified atom stereocenters. The normalized spacial score (nSPS) is 17.2. The Bertz CT molecular complexity index is 605. The molecule has 30 heavy (non-hydrogen) atoms. The van der Waals surface area contributed by atoms with Crippen LogP contribution in [-0.4, -0.2) is 63.5 Å². The lowest BCUT2D eigenvalue weighted by Gasteiger charge is -2.37. The highest BCUT2D eigenvalue weighted by Gasteiger charge is 2.54. The monoisotopic (exact) mass is 567 g/mol. The first kappa shape index (κ1) is 29.3. The Morgan fingerprint density at radius 2 is 1.63 bits per heavy atom. The topological polar surface area (TPSA) is 111 Å². The first-order valence-electron chi connectivity index (χ1n) is 8.15. The third kappa shape index (κ3) is 11.6. The molecule has 15 heteroatoms. The molecule has 2 N–H and O–H groups in total. The van der Waals surface area contributed by atoms with Gasteiger partial charge in [-0.2, -0.15) is 13.2 Å². The lowest BCUT2D eigenvalue weighted by Crippen LogP contribution is -2.57. The number of aliphatic hydroxyl groups is 1. The summed E-state index contributed by atoms with van der Waals surface area (Å²) in [5, 5.41) is 9.71. The number of hydrogen-bond acceptors (Lipinski definition) is 7. The van der Waals surface area contributed by atoms with Crippen molar-refractivity contribution in [3.8, 4) is 0 Å². The minimum absolute atomic E-state index is 0.525. The molecule has 0 aromatic rings. The molecule has 0 aliphatic heterocycles. The van der Waals surface area contributed by atoms with E-state index in [-0.39, 0.29) is 0 Å². The summed E-state index contributed by atoms with van der Waals surface area (Å²) >= 11 is 18.8. The number of amides is 1. The highest BCUT2D eigenvalue weighted by Crippen LogP contribution is 2.38. The van der Waals surface area contributed by atoms with E-state index in [1.807, 2.05) is 5.32 Å². The number of nitrogens with one attached hydrogen (secondary N) is 1. The Morgan fingerprint density at radius 3 is 2.00 bits per heavy atom. The Labute approximate surface area is 193 Å². The fraction of sp³-hybridized carbons (Fsp3) is 0.800. The van der Waals surface area contributed by atoms with Crippen molar-refractivity contribution < 1.29 is 46.9 Å². The van der Waals surface area contributed by atoms with Gasteiger partial charge in [-0.1, -0.05) is 57.7 Å². The van der Waals surface area contributed by atoms with Crippen molar-refractivity contribution in [3.63, 3.8) is 0 Å². The van der Waals surface area contributed by atoms with Gasteiger partial charge < -0.3 is 24.6 Å². The van der Waals surface area contributed by atoms with Crippen LogP contribution in [0.3, 0.4) is 0 Å². The van der Waals surface area contributed by atoms with E-state index >= 15 is 0 Å². The lowest BCUT2D eigenvalue weighted by molar-refractivity contribution is -0.226. The molecule has 0 aliphatic rings. The average molecular weight is 570 g/mol. The summed E-state index contributed by atoms with van der Waals surface area (Å²) in [6.45, 7) is 1.83. The van der Waals surface area contributed by atoms with Crippen LogP contribution in [-0.2, 0) is 23.8 Å². The molecule has 0 radical (unpaired) electrons. The van der Waals surface area contributed by atoms with Gasteiger partial charge in [-0.25, -0.2) is 4.79 Å². The van der Waals surface area contributed by atoms with Crippen LogP contribution in [0.2, 0.25) is 0 Å². The minimum atomic E-state index is -5.09. The Kier molecular flexibility index (Phi) is 12.1. The summed E-state index contributed by atoms with van der Waals surface area (Å²) in [7, 11) is 0. The van der Waals surface area contributed by atoms with Crippen LogP contribution >= 0.6 is 50.7 Å². The molecule has 0 aromatic heterocycles. The van der Waals surface area contributed by atoms with Crippen molar-refractivity contribution in [1.82, 2.24) is 5.32 Å². The summed E-state index contributed by atoms with van der Waals surface area (Å²) < 4.78 is 53.8. The van der Waals surface area contributed by atoms with Crippen molar-refractivity contribution >= 4 is 68.8 Å². The van der Waals surface area contributed by atoms with Crippen LogP contribution < -0.4 is 5.32 Å². The fourth-order valence-corrected chi connectivity index (χ4v) is 2.95. The maximum Gasteiger partial charge on any atom is 0.407 e. The van der Waals surface area contributed by atoms with Gasteiger partial charge in [0.1, 0.15) is 23.6 Å². The largest absolute Gasteiger partial charge is 0.465 e. The lowest BCUT2D eigenvalue weighted by atomic mass is 9.86. The quantitative estimate of drug-likeness (QED) is 0.249. The van der Waals surface area contributed by atoms with Gasteiger partial charge in [-0.05, 0) is 0 Å². The summed E-state index contributed by atoms with van der Waals surface area (Å²) in [6, 6.07) is -2.10. The van der Waals surface area contributed by atoms with Gasteiger partial charge in [-0.15, -0.1) is 0 Å². The highest BCUT2D eigenvalue weighted by atomic mass is 79.9. The molecular formula is C15H20BrCl3F3NO7. The molecule has 0 saturated carbocycles. The van der Waals surface area contributed by atoms with E-state index in [4.69, 9.17) is 44.3 Å². The summed E-state index contributed by atoms with van der Waals surface area (Å²) in [5.41, 5.74) is 0. The van der Waals surface area contributed by atoms with Crippen molar-refractivity contribution in [2.45, 2.75) is 47.9 Å². The Hall–Kier alpha value is -0.690. The predicted octanol–water partition coefficient (Wildman–Crippen LogP) is 3.47. The molecule has 0 aromatic carbocycles. The molecular weight excluding hydrogens is 549 g/mol. The standard InChI is InChI=1S/C15H20BrCl3F3NO7/c1-6(4-28-7(2)24)11(30-8(3)25)9(15(20,21)22)10(12(16)26)23-13(27)29-5-14(17,18)19/h6,9-12,26H,4-5H2,1-3H3,(H,23,27)/t6?,9?,10?,11-,12+/m1/s1. The predicted molar refractivity (Wildman–Crippen MR) is 104 cm³/mol.